The van der Waals surface area contributed by atoms with E-state index in [4.69, 9.17) is 4.74 Å². The molecule has 0 aliphatic carbocycles. The Morgan fingerprint density at radius 1 is 1.35 bits per heavy atom. The van der Waals surface area contributed by atoms with Crippen LogP contribution in [0.5, 0.6) is 0 Å². The quantitative estimate of drug-likeness (QED) is 0.746. The highest BCUT2D eigenvalue weighted by atomic mass is 16.5. The molecule has 0 radical (unpaired) electrons. The van der Waals surface area contributed by atoms with E-state index >= 15 is 0 Å². The zero-order valence-electron chi connectivity index (χ0n) is 12.9. The number of nitrogens with zero attached hydrogens (tertiary/aromatic N) is 2. The number of aromatic nitrogens is 2. The number of esters is 1. The number of methoxy groups -OCH3 is 1. The van der Waals surface area contributed by atoms with E-state index in [1.54, 1.807) is 0 Å². The lowest BCUT2D eigenvalue weighted by Gasteiger charge is -2.20. The number of ether oxygens (including phenoxy) is 1. The van der Waals surface area contributed by atoms with Crippen LogP contribution in [0.4, 0.5) is 11.6 Å². The molecule has 0 spiro atoms. The third-order valence-corrected chi connectivity index (χ3v) is 2.93. The SMILES string of the molecule is CCNc1ncnc(NC(CC(C)C)C(=O)OC)c1C. The van der Waals surface area contributed by atoms with Crippen LogP contribution in [-0.4, -0.2) is 35.6 Å². The molecule has 1 aromatic rings. The monoisotopic (exact) mass is 280 g/mol. The summed E-state index contributed by atoms with van der Waals surface area (Å²) in [5.41, 5.74) is 0.895. The number of hydrogen-bond acceptors (Lipinski definition) is 6. The Hall–Kier alpha value is -1.85. The van der Waals surface area contributed by atoms with Crippen molar-refractivity contribution in [2.24, 2.45) is 5.92 Å². The molecule has 20 heavy (non-hydrogen) atoms. The maximum absolute atomic E-state index is 11.8. The van der Waals surface area contributed by atoms with Gasteiger partial charge < -0.3 is 15.4 Å². The molecule has 6 nitrogen and oxygen atoms in total. The second-order valence-electron chi connectivity index (χ2n) is 5.08. The van der Waals surface area contributed by atoms with Gasteiger partial charge in [0.05, 0.1) is 7.11 Å². The molecule has 0 amide bonds. The van der Waals surface area contributed by atoms with E-state index in [0.29, 0.717) is 18.2 Å². The summed E-state index contributed by atoms with van der Waals surface area (Å²) < 4.78 is 4.84. The molecule has 0 aliphatic rings. The zero-order valence-corrected chi connectivity index (χ0v) is 12.9. The molecule has 112 valence electrons. The predicted molar refractivity (Wildman–Crippen MR) is 79.8 cm³/mol. The van der Waals surface area contributed by atoms with Gasteiger partial charge in [0, 0.05) is 12.1 Å². The first kappa shape index (κ1) is 16.2. The molecule has 0 bridgehead atoms. The Morgan fingerprint density at radius 3 is 2.55 bits per heavy atom. The van der Waals surface area contributed by atoms with Gasteiger partial charge in [0.25, 0.3) is 0 Å². The van der Waals surface area contributed by atoms with Gasteiger partial charge in [-0.3, -0.25) is 0 Å². The van der Waals surface area contributed by atoms with E-state index in [0.717, 1.165) is 17.9 Å². The standard InChI is InChI=1S/C14H24N4O2/c1-6-15-12-10(4)13(17-8-16-12)18-11(7-9(2)3)14(19)20-5/h8-9,11H,6-7H2,1-5H3,(H2,15,16,17,18). The highest BCUT2D eigenvalue weighted by Gasteiger charge is 2.22. The number of carbonyl (C=O) groups excluding carboxylic acids is 1. The van der Waals surface area contributed by atoms with Crippen LogP contribution in [0.1, 0.15) is 32.8 Å². The van der Waals surface area contributed by atoms with Crippen molar-refractivity contribution in [1.29, 1.82) is 0 Å². The average molecular weight is 280 g/mol. The van der Waals surface area contributed by atoms with Crippen molar-refractivity contribution < 1.29 is 9.53 Å². The van der Waals surface area contributed by atoms with Gasteiger partial charge in [-0.15, -0.1) is 0 Å². The number of carbonyl (C=O) groups is 1. The second-order valence-corrected chi connectivity index (χ2v) is 5.08. The molecule has 1 aromatic heterocycles. The summed E-state index contributed by atoms with van der Waals surface area (Å²) in [4.78, 5) is 20.2. The molecule has 0 fully saturated rings. The fraction of sp³-hybridized carbons (Fsp3) is 0.643. The topological polar surface area (TPSA) is 76.1 Å². The lowest BCUT2D eigenvalue weighted by molar-refractivity contribution is -0.141. The lowest BCUT2D eigenvalue weighted by atomic mass is 10.0. The maximum atomic E-state index is 11.8. The number of rotatable bonds is 7. The minimum Gasteiger partial charge on any atom is -0.467 e. The van der Waals surface area contributed by atoms with Crippen LogP contribution in [0.15, 0.2) is 6.33 Å². The van der Waals surface area contributed by atoms with Gasteiger partial charge in [0.1, 0.15) is 24.0 Å². The molecule has 2 N–H and O–H groups in total. The Bertz CT molecular complexity index is 449. The largest absolute Gasteiger partial charge is 0.467 e. The Balaban J connectivity index is 2.93. The van der Waals surface area contributed by atoms with Gasteiger partial charge in [-0.1, -0.05) is 13.8 Å². The molecule has 1 heterocycles. The van der Waals surface area contributed by atoms with Gasteiger partial charge in [-0.05, 0) is 26.2 Å². The van der Waals surface area contributed by atoms with Crippen molar-refractivity contribution in [3.63, 3.8) is 0 Å². The summed E-state index contributed by atoms with van der Waals surface area (Å²) in [7, 11) is 1.40. The zero-order chi connectivity index (χ0) is 15.1. The van der Waals surface area contributed by atoms with Gasteiger partial charge in [-0.2, -0.15) is 0 Å². The Morgan fingerprint density at radius 2 is 2.00 bits per heavy atom. The van der Waals surface area contributed by atoms with Gasteiger partial charge in [0.2, 0.25) is 0 Å². The summed E-state index contributed by atoms with van der Waals surface area (Å²) in [6.07, 6.45) is 2.17. The summed E-state index contributed by atoms with van der Waals surface area (Å²) in [6.45, 7) is 8.83. The number of hydrogen-bond donors (Lipinski definition) is 2. The lowest BCUT2D eigenvalue weighted by Crippen LogP contribution is -2.32. The van der Waals surface area contributed by atoms with E-state index in [-0.39, 0.29) is 5.97 Å². The summed E-state index contributed by atoms with van der Waals surface area (Å²) in [5, 5.41) is 6.33. The van der Waals surface area contributed by atoms with Crippen molar-refractivity contribution in [2.45, 2.75) is 40.2 Å². The van der Waals surface area contributed by atoms with E-state index in [2.05, 4.69) is 34.4 Å². The maximum Gasteiger partial charge on any atom is 0.328 e. The third-order valence-electron chi connectivity index (χ3n) is 2.93. The summed E-state index contributed by atoms with van der Waals surface area (Å²) >= 11 is 0. The fourth-order valence-electron chi connectivity index (χ4n) is 1.93. The normalized spacial score (nSPS) is 12.1. The minimum absolute atomic E-state index is 0.276. The third kappa shape index (κ3) is 4.36. The molecule has 0 saturated carbocycles. The van der Waals surface area contributed by atoms with Crippen molar-refractivity contribution in [3.05, 3.63) is 11.9 Å². The highest BCUT2D eigenvalue weighted by molar-refractivity contribution is 5.79. The van der Waals surface area contributed by atoms with Gasteiger partial charge >= 0.3 is 5.97 Å². The van der Waals surface area contributed by atoms with Crippen molar-refractivity contribution in [3.8, 4) is 0 Å². The molecule has 1 atom stereocenters. The molecule has 1 rings (SSSR count). The van der Waals surface area contributed by atoms with Gasteiger partial charge in [0.15, 0.2) is 0 Å². The summed E-state index contributed by atoms with van der Waals surface area (Å²) in [6, 6.07) is -0.400. The molecular weight excluding hydrogens is 256 g/mol. The number of nitrogens with one attached hydrogen (secondary N) is 2. The number of anilines is 2. The van der Waals surface area contributed by atoms with Crippen LogP contribution in [-0.2, 0) is 9.53 Å². The Kier molecular flexibility index (Phi) is 6.21. The molecule has 6 heteroatoms. The van der Waals surface area contributed by atoms with Crippen LogP contribution < -0.4 is 10.6 Å². The van der Waals surface area contributed by atoms with Gasteiger partial charge in [-0.25, -0.2) is 14.8 Å². The van der Waals surface area contributed by atoms with E-state index < -0.39 is 6.04 Å². The van der Waals surface area contributed by atoms with E-state index in [9.17, 15) is 4.79 Å². The molecule has 0 saturated heterocycles. The average Bonchev–Trinajstić information content (AvgIpc) is 2.41. The molecular formula is C14H24N4O2. The van der Waals surface area contributed by atoms with E-state index in [1.165, 1.54) is 13.4 Å². The van der Waals surface area contributed by atoms with Crippen LogP contribution in [0.25, 0.3) is 0 Å². The van der Waals surface area contributed by atoms with Crippen LogP contribution >= 0.6 is 0 Å². The predicted octanol–water partition coefficient (Wildman–Crippen LogP) is 2.22. The van der Waals surface area contributed by atoms with Crippen molar-refractivity contribution in [1.82, 2.24) is 9.97 Å². The second kappa shape index (κ2) is 7.67. The Labute approximate surface area is 120 Å². The van der Waals surface area contributed by atoms with Crippen molar-refractivity contribution in [2.75, 3.05) is 24.3 Å². The van der Waals surface area contributed by atoms with E-state index in [1.807, 2.05) is 13.8 Å². The van der Waals surface area contributed by atoms with Crippen LogP contribution in [0.3, 0.4) is 0 Å². The summed E-state index contributed by atoms with van der Waals surface area (Å²) in [5.74, 6) is 1.54. The van der Waals surface area contributed by atoms with Crippen molar-refractivity contribution >= 4 is 17.6 Å². The smallest absolute Gasteiger partial charge is 0.328 e. The minimum atomic E-state index is -0.400. The fourth-order valence-corrected chi connectivity index (χ4v) is 1.93. The van der Waals surface area contributed by atoms with Crippen LogP contribution in [0.2, 0.25) is 0 Å². The van der Waals surface area contributed by atoms with Crippen LogP contribution in [0, 0.1) is 12.8 Å². The first-order valence-corrected chi connectivity index (χ1v) is 6.89. The first-order valence-electron chi connectivity index (χ1n) is 6.89. The molecule has 1 unspecified atom stereocenters. The molecule has 0 aliphatic heterocycles. The molecule has 0 aromatic carbocycles. The highest BCUT2D eigenvalue weighted by Crippen LogP contribution is 2.20. The first-order chi connectivity index (χ1) is 9.49.